The van der Waals surface area contributed by atoms with Gasteiger partial charge in [-0.1, -0.05) is 18.2 Å². The molecular formula is C18H18O5. The van der Waals surface area contributed by atoms with Crippen LogP contribution in [0.4, 0.5) is 0 Å². The molecule has 0 atom stereocenters. The minimum Gasteiger partial charge on any atom is -0.493 e. The van der Waals surface area contributed by atoms with Gasteiger partial charge in [0.2, 0.25) is 12.5 Å². The van der Waals surface area contributed by atoms with E-state index >= 15 is 0 Å². The van der Waals surface area contributed by atoms with Gasteiger partial charge in [-0.15, -0.1) is 0 Å². The van der Waals surface area contributed by atoms with Crippen LogP contribution >= 0.6 is 0 Å². The predicted octanol–water partition coefficient (Wildman–Crippen LogP) is 3.61. The molecule has 0 amide bonds. The van der Waals surface area contributed by atoms with Crippen molar-refractivity contribution in [2.75, 3.05) is 28.1 Å². The molecule has 1 heterocycles. The smallest absolute Gasteiger partial charge is 0.231 e. The highest BCUT2D eigenvalue weighted by atomic mass is 16.7. The molecule has 0 radical (unpaired) electrons. The molecule has 0 fully saturated rings. The van der Waals surface area contributed by atoms with Crippen molar-refractivity contribution in [3.05, 3.63) is 41.5 Å². The van der Waals surface area contributed by atoms with Crippen LogP contribution < -0.4 is 23.7 Å². The van der Waals surface area contributed by atoms with Gasteiger partial charge in [0.05, 0.1) is 21.3 Å². The van der Waals surface area contributed by atoms with Gasteiger partial charge in [-0.05, 0) is 35.4 Å². The van der Waals surface area contributed by atoms with Crippen molar-refractivity contribution in [1.82, 2.24) is 0 Å². The Labute approximate surface area is 135 Å². The number of methoxy groups -OCH3 is 3. The quantitative estimate of drug-likeness (QED) is 0.789. The van der Waals surface area contributed by atoms with Crippen molar-refractivity contribution in [2.45, 2.75) is 0 Å². The zero-order valence-electron chi connectivity index (χ0n) is 13.3. The second-order valence-electron chi connectivity index (χ2n) is 4.90. The molecule has 0 saturated carbocycles. The summed E-state index contributed by atoms with van der Waals surface area (Å²) in [7, 11) is 4.79. The standard InChI is InChI=1S/C18H18O5/c1-19-16-9-13(10-17(20-2)18(16)21-3)5-4-12-6-7-14-15(8-12)23-11-22-14/h4-10H,11H2,1-3H3/b5-4+. The van der Waals surface area contributed by atoms with Gasteiger partial charge in [-0.25, -0.2) is 0 Å². The van der Waals surface area contributed by atoms with E-state index in [-0.39, 0.29) is 6.79 Å². The number of hydrogen-bond donors (Lipinski definition) is 0. The SMILES string of the molecule is COc1cc(/C=C/c2ccc3c(c2)OCO3)cc(OC)c1OC. The number of ether oxygens (including phenoxy) is 5. The van der Waals surface area contributed by atoms with Crippen LogP contribution in [-0.4, -0.2) is 28.1 Å². The van der Waals surface area contributed by atoms with Gasteiger partial charge < -0.3 is 23.7 Å². The Balaban J connectivity index is 1.90. The van der Waals surface area contributed by atoms with E-state index < -0.39 is 0 Å². The lowest BCUT2D eigenvalue weighted by Gasteiger charge is -2.12. The molecule has 0 aliphatic carbocycles. The molecule has 1 aliphatic heterocycles. The molecule has 0 unspecified atom stereocenters. The first kappa shape index (κ1) is 15.1. The Morgan fingerprint density at radius 2 is 1.43 bits per heavy atom. The van der Waals surface area contributed by atoms with E-state index in [1.54, 1.807) is 21.3 Å². The largest absolute Gasteiger partial charge is 0.493 e. The van der Waals surface area contributed by atoms with Crippen molar-refractivity contribution < 1.29 is 23.7 Å². The monoisotopic (exact) mass is 314 g/mol. The van der Waals surface area contributed by atoms with E-state index in [0.29, 0.717) is 17.2 Å². The van der Waals surface area contributed by atoms with E-state index in [0.717, 1.165) is 22.6 Å². The molecule has 5 heteroatoms. The number of hydrogen-bond acceptors (Lipinski definition) is 5. The highest BCUT2D eigenvalue weighted by Gasteiger charge is 2.13. The van der Waals surface area contributed by atoms with Crippen molar-refractivity contribution >= 4 is 12.2 Å². The molecule has 3 rings (SSSR count). The first-order valence-electron chi connectivity index (χ1n) is 7.13. The molecule has 1 aliphatic rings. The fourth-order valence-corrected chi connectivity index (χ4v) is 2.41. The summed E-state index contributed by atoms with van der Waals surface area (Å²) in [5.74, 6) is 3.36. The van der Waals surface area contributed by atoms with Crippen molar-refractivity contribution in [2.24, 2.45) is 0 Å². The van der Waals surface area contributed by atoms with Gasteiger partial charge in [-0.2, -0.15) is 0 Å². The second kappa shape index (κ2) is 6.52. The van der Waals surface area contributed by atoms with Crippen molar-refractivity contribution in [1.29, 1.82) is 0 Å². The summed E-state index contributed by atoms with van der Waals surface area (Å²) in [6, 6.07) is 9.60. The molecule has 120 valence electrons. The Kier molecular flexibility index (Phi) is 4.28. The van der Waals surface area contributed by atoms with Crippen molar-refractivity contribution in [3.63, 3.8) is 0 Å². The number of benzene rings is 2. The number of rotatable bonds is 5. The summed E-state index contributed by atoms with van der Waals surface area (Å²) in [5.41, 5.74) is 1.96. The average molecular weight is 314 g/mol. The van der Waals surface area contributed by atoms with E-state index in [9.17, 15) is 0 Å². The topological polar surface area (TPSA) is 46.2 Å². The number of fused-ring (bicyclic) bond motifs is 1. The Bertz CT molecular complexity index is 711. The molecule has 2 aromatic rings. The van der Waals surface area contributed by atoms with Crippen LogP contribution in [0.3, 0.4) is 0 Å². The molecule has 2 aromatic carbocycles. The summed E-state index contributed by atoms with van der Waals surface area (Å²) >= 11 is 0. The normalized spacial score (nSPS) is 12.5. The van der Waals surface area contributed by atoms with Gasteiger partial charge in [0.1, 0.15) is 0 Å². The van der Waals surface area contributed by atoms with E-state index in [4.69, 9.17) is 23.7 Å². The molecule has 5 nitrogen and oxygen atoms in total. The van der Waals surface area contributed by atoms with Gasteiger partial charge in [-0.3, -0.25) is 0 Å². The van der Waals surface area contributed by atoms with Crippen LogP contribution in [0.1, 0.15) is 11.1 Å². The van der Waals surface area contributed by atoms with E-state index in [1.807, 2.05) is 42.5 Å². The minimum absolute atomic E-state index is 0.273. The molecule has 23 heavy (non-hydrogen) atoms. The molecule has 0 bridgehead atoms. The minimum atomic E-state index is 0.273. The lowest BCUT2D eigenvalue weighted by atomic mass is 10.1. The zero-order valence-corrected chi connectivity index (χ0v) is 13.3. The van der Waals surface area contributed by atoms with E-state index in [2.05, 4.69) is 0 Å². The van der Waals surface area contributed by atoms with Crippen LogP contribution in [0.15, 0.2) is 30.3 Å². The Hall–Kier alpha value is -2.82. The van der Waals surface area contributed by atoms with Crippen molar-refractivity contribution in [3.8, 4) is 28.7 Å². The maximum absolute atomic E-state index is 5.38. The van der Waals surface area contributed by atoms with Gasteiger partial charge in [0, 0.05) is 0 Å². The maximum atomic E-state index is 5.38. The average Bonchev–Trinajstić information content (AvgIpc) is 3.06. The first-order valence-corrected chi connectivity index (χ1v) is 7.13. The molecule has 0 N–H and O–H groups in total. The third kappa shape index (κ3) is 3.04. The summed E-state index contributed by atoms with van der Waals surface area (Å²) in [4.78, 5) is 0. The molecule has 0 spiro atoms. The summed E-state index contributed by atoms with van der Waals surface area (Å²) in [6.07, 6.45) is 3.96. The third-order valence-electron chi connectivity index (χ3n) is 3.55. The van der Waals surface area contributed by atoms with Crippen LogP contribution in [-0.2, 0) is 0 Å². The van der Waals surface area contributed by atoms with Gasteiger partial charge in [0.15, 0.2) is 23.0 Å². The van der Waals surface area contributed by atoms with Crippen LogP contribution in [0.5, 0.6) is 28.7 Å². The zero-order chi connectivity index (χ0) is 16.2. The molecular weight excluding hydrogens is 296 g/mol. The highest BCUT2D eigenvalue weighted by Crippen LogP contribution is 2.39. The first-order chi connectivity index (χ1) is 11.2. The Morgan fingerprint density at radius 3 is 2.09 bits per heavy atom. The van der Waals surface area contributed by atoms with Crippen LogP contribution in [0, 0.1) is 0 Å². The summed E-state index contributed by atoms with van der Waals surface area (Å²) < 4.78 is 26.7. The second-order valence-corrected chi connectivity index (χ2v) is 4.90. The molecule has 0 saturated heterocycles. The fourth-order valence-electron chi connectivity index (χ4n) is 2.41. The third-order valence-corrected chi connectivity index (χ3v) is 3.55. The van der Waals surface area contributed by atoms with Crippen LogP contribution in [0.25, 0.3) is 12.2 Å². The van der Waals surface area contributed by atoms with Crippen LogP contribution in [0.2, 0.25) is 0 Å². The van der Waals surface area contributed by atoms with E-state index in [1.165, 1.54) is 0 Å². The predicted molar refractivity (Wildman–Crippen MR) is 87.6 cm³/mol. The fraction of sp³-hybridized carbons (Fsp3) is 0.222. The maximum Gasteiger partial charge on any atom is 0.231 e. The lowest BCUT2D eigenvalue weighted by molar-refractivity contribution is 0.174. The van der Waals surface area contributed by atoms with Gasteiger partial charge >= 0.3 is 0 Å². The summed E-state index contributed by atoms with van der Waals surface area (Å²) in [5, 5.41) is 0. The highest BCUT2D eigenvalue weighted by molar-refractivity contribution is 5.73. The Morgan fingerprint density at radius 1 is 0.783 bits per heavy atom. The van der Waals surface area contributed by atoms with Gasteiger partial charge in [0.25, 0.3) is 0 Å². The molecule has 0 aromatic heterocycles. The lowest BCUT2D eigenvalue weighted by Crippen LogP contribution is -1.95. The summed E-state index contributed by atoms with van der Waals surface area (Å²) in [6.45, 7) is 0.273.